The molecule has 0 unspecified atom stereocenters. The van der Waals surface area contributed by atoms with Crippen molar-refractivity contribution in [3.8, 4) is 0 Å². The summed E-state index contributed by atoms with van der Waals surface area (Å²) in [6, 6.07) is 23.2. The molecule has 1 aliphatic heterocycles. The Labute approximate surface area is 188 Å². The molecule has 4 rings (SSSR count). The van der Waals surface area contributed by atoms with Crippen molar-refractivity contribution in [2.24, 2.45) is 4.99 Å². The van der Waals surface area contributed by atoms with Gasteiger partial charge in [0.1, 0.15) is 11.5 Å². The van der Waals surface area contributed by atoms with E-state index in [9.17, 15) is 4.79 Å². The van der Waals surface area contributed by atoms with Gasteiger partial charge in [-0.15, -0.1) is 0 Å². The maximum absolute atomic E-state index is 13.2. The first-order chi connectivity index (χ1) is 13.5. The first kappa shape index (κ1) is 19.3. The Morgan fingerprint density at radius 3 is 2.07 bits per heavy atom. The second-order valence-electron chi connectivity index (χ2n) is 6.14. The van der Waals surface area contributed by atoms with Crippen molar-refractivity contribution in [3.63, 3.8) is 0 Å². The van der Waals surface area contributed by atoms with Crippen LogP contribution in [0, 0.1) is 0 Å². The fraction of sp³-hybridized carbons (Fsp3) is 0. The normalized spacial score (nSPS) is 15.2. The van der Waals surface area contributed by atoms with Crippen molar-refractivity contribution in [1.82, 2.24) is 0 Å². The van der Waals surface area contributed by atoms with Crippen molar-refractivity contribution >= 4 is 71.3 Å². The lowest BCUT2D eigenvalue weighted by molar-refractivity contribution is -0.113. The number of halogens is 3. The molecule has 0 spiro atoms. The number of carbonyl (C=O) groups excluding carboxylic acids is 1. The number of amides is 1. The molecule has 0 bridgehead atoms. The van der Waals surface area contributed by atoms with Gasteiger partial charge in [-0.05, 0) is 60.2 Å². The Bertz CT molecular complexity index is 1100. The van der Waals surface area contributed by atoms with Crippen LogP contribution in [0.15, 0.2) is 96.9 Å². The Hall–Kier alpha value is -2.02. The van der Waals surface area contributed by atoms with Gasteiger partial charge in [-0.3, -0.25) is 9.69 Å². The lowest BCUT2D eigenvalue weighted by Gasteiger charge is -2.18. The topological polar surface area (TPSA) is 32.7 Å². The van der Waals surface area contributed by atoms with Gasteiger partial charge >= 0.3 is 0 Å². The lowest BCUT2D eigenvalue weighted by Crippen LogP contribution is -2.32. The number of nitrogens with zero attached hydrogens (tertiary/aromatic N) is 2. The maximum atomic E-state index is 13.2. The summed E-state index contributed by atoms with van der Waals surface area (Å²) in [7, 11) is 0. The highest BCUT2D eigenvalue weighted by Crippen LogP contribution is 2.29. The van der Waals surface area contributed by atoms with Crippen LogP contribution in [-0.2, 0) is 4.79 Å². The molecule has 3 aromatic carbocycles. The maximum Gasteiger partial charge on any atom is 0.282 e. The summed E-state index contributed by atoms with van der Waals surface area (Å²) in [6.45, 7) is 0. The molecule has 28 heavy (non-hydrogen) atoms. The van der Waals surface area contributed by atoms with Crippen LogP contribution in [-0.4, -0.2) is 11.7 Å². The Balaban J connectivity index is 1.82. The molecule has 138 valence electrons. The van der Waals surface area contributed by atoms with Crippen LogP contribution in [0.2, 0.25) is 0 Å². The van der Waals surface area contributed by atoms with E-state index < -0.39 is 0 Å². The van der Waals surface area contributed by atoms with E-state index >= 15 is 0 Å². The van der Waals surface area contributed by atoms with E-state index in [1.54, 1.807) is 4.90 Å². The number of amidine groups is 1. The van der Waals surface area contributed by atoms with Crippen molar-refractivity contribution in [2.45, 2.75) is 0 Å². The smallest absolute Gasteiger partial charge is 0.266 e. The molecule has 1 heterocycles. The number of hydrogen-bond donors (Lipinski definition) is 0. The number of benzene rings is 3. The number of aliphatic imine (C=N–C) groups is 1. The molecule has 0 atom stereocenters. The minimum atomic E-state index is -0.153. The van der Waals surface area contributed by atoms with Crippen LogP contribution in [0.1, 0.15) is 11.1 Å². The number of carbonyl (C=O) groups is 1. The summed E-state index contributed by atoms with van der Waals surface area (Å²) in [5.41, 5.74) is 2.96. The summed E-state index contributed by atoms with van der Waals surface area (Å²) < 4.78 is 2.88. The average Bonchev–Trinajstić information content (AvgIpc) is 2.99. The van der Waals surface area contributed by atoms with Crippen LogP contribution < -0.4 is 4.90 Å². The lowest BCUT2D eigenvalue weighted by atomic mass is 10.1. The van der Waals surface area contributed by atoms with E-state index in [1.807, 2.05) is 78.9 Å². The molecule has 0 saturated heterocycles. The second kappa shape index (κ2) is 8.15. The summed E-state index contributed by atoms with van der Waals surface area (Å²) in [5.74, 6) is 0.460. The first-order valence-electron chi connectivity index (χ1n) is 8.43. The molecule has 3 nitrogen and oxygen atoms in total. The van der Waals surface area contributed by atoms with Gasteiger partial charge in [0.05, 0.1) is 5.69 Å². The Morgan fingerprint density at radius 2 is 1.43 bits per heavy atom. The molecule has 6 heteroatoms. The van der Waals surface area contributed by atoms with E-state index in [0.717, 1.165) is 30.2 Å². The molecule has 0 N–H and O–H groups in total. The van der Waals surface area contributed by atoms with Crippen molar-refractivity contribution < 1.29 is 4.79 Å². The monoisotopic (exact) mass is 558 g/mol. The summed E-state index contributed by atoms with van der Waals surface area (Å²) in [6.07, 6.45) is 1.81. The van der Waals surface area contributed by atoms with Gasteiger partial charge < -0.3 is 0 Å². The molecule has 0 aliphatic carbocycles. The van der Waals surface area contributed by atoms with Gasteiger partial charge in [0, 0.05) is 19.0 Å². The minimum Gasteiger partial charge on any atom is -0.266 e. The largest absolute Gasteiger partial charge is 0.282 e. The first-order valence-corrected chi connectivity index (χ1v) is 10.8. The predicted octanol–water partition coefficient (Wildman–Crippen LogP) is 6.81. The molecule has 0 radical (unpaired) electrons. The SMILES string of the molecule is O=C1/C(=C\c2cccc(Br)c2)N=C(c2ccc(Br)cc2)N1c1ccc(Br)cc1. The fourth-order valence-electron chi connectivity index (χ4n) is 2.89. The zero-order chi connectivity index (χ0) is 19.7. The highest BCUT2D eigenvalue weighted by molar-refractivity contribution is 9.11. The summed E-state index contributed by atoms with van der Waals surface area (Å²) in [4.78, 5) is 19.6. The van der Waals surface area contributed by atoms with E-state index in [1.165, 1.54) is 0 Å². The standard InChI is InChI=1S/C22H13Br3N2O/c23-16-6-4-15(5-7-16)21-26-20(13-14-2-1-3-18(25)12-14)22(28)27(21)19-10-8-17(24)9-11-19/h1-13H/b20-13+. The number of anilines is 1. The van der Waals surface area contributed by atoms with Gasteiger partial charge in [-0.2, -0.15) is 0 Å². The van der Waals surface area contributed by atoms with Gasteiger partial charge in [0.2, 0.25) is 0 Å². The third-order valence-corrected chi connectivity index (χ3v) is 5.75. The number of hydrogen-bond acceptors (Lipinski definition) is 2. The fourth-order valence-corrected chi connectivity index (χ4v) is 3.84. The molecule has 0 saturated carbocycles. The zero-order valence-corrected chi connectivity index (χ0v) is 19.2. The third kappa shape index (κ3) is 4.04. The quantitative estimate of drug-likeness (QED) is 0.324. The number of rotatable bonds is 3. The van der Waals surface area contributed by atoms with Gasteiger partial charge in [-0.25, -0.2) is 4.99 Å². The highest BCUT2D eigenvalue weighted by atomic mass is 79.9. The van der Waals surface area contributed by atoms with E-state index in [0.29, 0.717) is 11.5 Å². The molecule has 3 aromatic rings. The van der Waals surface area contributed by atoms with E-state index in [-0.39, 0.29) is 5.91 Å². The zero-order valence-electron chi connectivity index (χ0n) is 14.4. The summed E-state index contributed by atoms with van der Waals surface area (Å²) >= 11 is 10.4. The van der Waals surface area contributed by atoms with E-state index in [2.05, 4.69) is 52.8 Å². The average molecular weight is 561 g/mol. The van der Waals surface area contributed by atoms with Crippen LogP contribution >= 0.6 is 47.8 Å². The second-order valence-corrected chi connectivity index (χ2v) is 8.89. The predicted molar refractivity (Wildman–Crippen MR) is 124 cm³/mol. The van der Waals surface area contributed by atoms with Crippen LogP contribution in [0.4, 0.5) is 5.69 Å². The van der Waals surface area contributed by atoms with Crippen LogP contribution in [0.5, 0.6) is 0 Å². The Kier molecular flexibility index (Phi) is 5.62. The molecule has 1 aliphatic rings. The van der Waals surface area contributed by atoms with Crippen molar-refractivity contribution in [3.05, 3.63) is 103 Å². The van der Waals surface area contributed by atoms with Crippen molar-refractivity contribution in [2.75, 3.05) is 4.90 Å². The minimum absolute atomic E-state index is 0.153. The molecular weight excluding hydrogens is 548 g/mol. The van der Waals surface area contributed by atoms with Crippen LogP contribution in [0.3, 0.4) is 0 Å². The highest BCUT2D eigenvalue weighted by Gasteiger charge is 2.32. The van der Waals surface area contributed by atoms with Gasteiger partial charge in [-0.1, -0.05) is 72.1 Å². The summed E-state index contributed by atoms with van der Waals surface area (Å²) in [5, 5.41) is 0. The van der Waals surface area contributed by atoms with Crippen LogP contribution in [0.25, 0.3) is 6.08 Å². The van der Waals surface area contributed by atoms with Crippen molar-refractivity contribution in [1.29, 1.82) is 0 Å². The molecule has 1 amide bonds. The van der Waals surface area contributed by atoms with Gasteiger partial charge in [0.15, 0.2) is 0 Å². The third-order valence-electron chi connectivity index (χ3n) is 4.20. The molecule has 0 aromatic heterocycles. The molecular formula is C22H13Br3N2O. The van der Waals surface area contributed by atoms with Gasteiger partial charge in [0.25, 0.3) is 5.91 Å². The van der Waals surface area contributed by atoms with E-state index in [4.69, 9.17) is 0 Å². The molecule has 0 fully saturated rings. The Morgan fingerprint density at radius 1 is 0.786 bits per heavy atom.